The topological polar surface area (TPSA) is 95.9 Å². The molecule has 1 aromatic carbocycles. The molecule has 0 saturated heterocycles. The van der Waals surface area contributed by atoms with Crippen LogP contribution in [0.1, 0.15) is 12.5 Å². The molecule has 1 unspecified atom stereocenters. The second kappa shape index (κ2) is 6.65. The first-order valence-corrected chi connectivity index (χ1v) is 6.07. The highest BCUT2D eigenvalue weighted by molar-refractivity contribution is 5.81. The number of aliphatic hydroxyl groups is 1. The third-order valence-corrected chi connectivity index (χ3v) is 2.61. The minimum absolute atomic E-state index is 0.179. The largest absolute Gasteiger partial charge is 0.573 e. The second-order valence-corrected chi connectivity index (χ2v) is 4.72. The fourth-order valence-corrected chi connectivity index (χ4v) is 1.40. The summed E-state index contributed by atoms with van der Waals surface area (Å²) in [5.41, 5.74) is -1.69. The zero-order chi connectivity index (χ0) is 17.0. The number of carbonyl (C=O) groups is 2. The summed E-state index contributed by atoms with van der Waals surface area (Å²) in [6.07, 6.45) is -4.97. The Morgan fingerprint density at radius 2 is 1.77 bits per heavy atom. The average Bonchev–Trinajstić information content (AvgIpc) is 2.37. The Kier molecular flexibility index (Phi) is 5.37. The SMILES string of the molecule is CC(O)(CNC(=O)Cc1ccc(OC(F)(F)F)cc1)C(=O)O. The van der Waals surface area contributed by atoms with Crippen molar-refractivity contribution in [2.24, 2.45) is 0 Å². The van der Waals surface area contributed by atoms with Crippen molar-refractivity contribution in [2.75, 3.05) is 6.54 Å². The van der Waals surface area contributed by atoms with Crippen LogP contribution in [0.15, 0.2) is 24.3 Å². The van der Waals surface area contributed by atoms with E-state index in [-0.39, 0.29) is 6.42 Å². The molecule has 0 spiro atoms. The Hall–Kier alpha value is -2.29. The lowest BCUT2D eigenvalue weighted by atomic mass is 10.1. The third kappa shape index (κ3) is 6.00. The van der Waals surface area contributed by atoms with Crippen molar-refractivity contribution < 1.29 is 37.7 Å². The van der Waals surface area contributed by atoms with E-state index in [4.69, 9.17) is 5.11 Å². The van der Waals surface area contributed by atoms with Gasteiger partial charge in [-0.1, -0.05) is 12.1 Å². The molecule has 0 saturated carbocycles. The Labute approximate surface area is 123 Å². The number of benzene rings is 1. The highest BCUT2D eigenvalue weighted by Crippen LogP contribution is 2.22. The maximum Gasteiger partial charge on any atom is 0.573 e. The van der Waals surface area contributed by atoms with Crippen LogP contribution in [-0.4, -0.2) is 40.6 Å². The summed E-state index contributed by atoms with van der Waals surface area (Å²) in [4.78, 5) is 22.2. The fraction of sp³-hybridized carbons (Fsp3) is 0.385. The van der Waals surface area contributed by atoms with Crippen molar-refractivity contribution in [3.63, 3.8) is 0 Å². The number of ether oxygens (including phenoxy) is 1. The average molecular weight is 321 g/mol. The predicted molar refractivity (Wildman–Crippen MR) is 68.1 cm³/mol. The van der Waals surface area contributed by atoms with Gasteiger partial charge in [0.25, 0.3) is 0 Å². The summed E-state index contributed by atoms with van der Waals surface area (Å²) in [5, 5.41) is 20.3. The van der Waals surface area contributed by atoms with Gasteiger partial charge in [0, 0.05) is 0 Å². The normalized spacial score (nSPS) is 14.0. The molecule has 9 heteroatoms. The van der Waals surface area contributed by atoms with Crippen LogP contribution in [0, 0.1) is 0 Å². The number of hydrogen-bond acceptors (Lipinski definition) is 4. The van der Waals surface area contributed by atoms with Crippen molar-refractivity contribution in [2.45, 2.75) is 25.3 Å². The Morgan fingerprint density at radius 3 is 2.23 bits per heavy atom. The van der Waals surface area contributed by atoms with E-state index >= 15 is 0 Å². The molecule has 0 aromatic heterocycles. The maximum atomic E-state index is 12.0. The molecule has 0 aliphatic carbocycles. The quantitative estimate of drug-likeness (QED) is 0.729. The molecule has 0 aliphatic heterocycles. The van der Waals surface area contributed by atoms with Gasteiger partial charge in [-0.05, 0) is 24.6 Å². The first kappa shape index (κ1) is 17.8. The lowest BCUT2D eigenvalue weighted by Gasteiger charge is -2.18. The highest BCUT2D eigenvalue weighted by Gasteiger charge is 2.31. The lowest BCUT2D eigenvalue weighted by Crippen LogP contribution is -2.46. The van der Waals surface area contributed by atoms with E-state index in [0.717, 1.165) is 19.1 Å². The van der Waals surface area contributed by atoms with E-state index < -0.39 is 36.1 Å². The maximum absolute atomic E-state index is 12.0. The molecular formula is C13H14F3NO5. The molecule has 0 bridgehead atoms. The molecule has 1 amide bonds. The van der Waals surface area contributed by atoms with Gasteiger partial charge in [-0.2, -0.15) is 0 Å². The van der Waals surface area contributed by atoms with E-state index in [1.807, 2.05) is 0 Å². The summed E-state index contributed by atoms with van der Waals surface area (Å²) in [7, 11) is 0. The number of halogens is 3. The van der Waals surface area contributed by atoms with E-state index in [0.29, 0.717) is 5.56 Å². The van der Waals surface area contributed by atoms with Gasteiger partial charge >= 0.3 is 12.3 Å². The number of carboxylic acids is 1. The smallest absolute Gasteiger partial charge is 0.479 e. The van der Waals surface area contributed by atoms with Crippen molar-refractivity contribution in [3.8, 4) is 5.75 Å². The molecule has 3 N–H and O–H groups in total. The standard InChI is InChI=1S/C13H14F3NO5/c1-12(21,11(19)20)7-17-10(18)6-8-2-4-9(5-3-8)22-13(14,15)16/h2-5,21H,6-7H2,1H3,(H,17,18)(H,19,20). The first-order chi connectivity index (χ1) is 9.99. The highest BCUT2D eigenvalue weighted by atomic mass is 19.4. The summed E-state index contributed by atoms with van der Waals surface area (Å²) in [6.45, 7) is 0.537. The molecule has 1 atom stereocenters. The van der Waals surface area contributed by atoms with E-state index in [9.17, 15) is 27.9 Å². The number of carboxylic acid groups (broad SMARTS) is 1. The van der Waals surface area contributed by atoms with Gasteiger partial charge in [0.1, 0.15) is 5.75 Å². The molecule has 0 fully saturated rings. The van der Waals surface area contributed by atoms with Crippen molar-refractivity contribution in [1.82, 2.24) is 5.32 Å². The van der Waals surface area contributed by atoms with Crippen molar-refractivity contribution in [1.29, 1.82) is 0 Å². The van der Waals surface area contributed by atoms with Gasteiger partial charge in [0.15, 0.2) is 5.60 Å². The molecule has 0 aliphatic rings. The molecule has 6 nitrogen and oxygen atoms in total. The first-order valence-electron chi connectivity index (χ1n) is 6.07. The van der Waals surface area contributed by atoms with Gasteiger partial charge in [-0.25, -0.2) is 4.79 Å². The van der Waals surface area contributed by atoms with Crippen molar-refractivity contribution in [3.05, 3.63) is 29.8 Å². The minimum Gasteiger partial charge on any atom is -0.479 e. The summed E-state index contributed by atoms with van der Waals surface area (Å²) >= 11 is 0. The summed E-state index contributed by atoms with van der Waals surface area (Å²) < 4.78 is 39.6. The number of rotatable bonds is 6. The summed E-state index contributed by atoms with van der Waals surface area (Å²) in [5.74, 6) is -2.47. The van der Waals surface area contributed by atoms with Crippen LogP contribution in [0.5, 0.6) is 5.75 Å². The van der Waals surface area contributed by atoms with Crippen LogP contribution in [0.25, 0.3) is 0 Å². The molecule has 0 radical (unpaired) electrons. The molecule has 22 heavy (non-hydrogen) atoms. The van der Waals surface area contributed by atoms with E-state index in [2.05, 4.69) is 10.1 Å². The van der Waals surface area contributed by atoms with Crippen LogP contribution >= 0.6 is 0 Å². The van der Waals surface area contributed by atoms with Crippen LogP contribution in [0.3, 0.4) is 0 Å². The zero-order valence-corrected chi connectivity index (χ0v) is 11.5. The van der Waals surface area contributed by atoms with Crippen molar-refractivity contribution >= 4 is 11.9 Å². The van der Waals surface area contributed by atoms with E-state index in [1.54, 1.807) is 0 Å². The number of nitrogens with one attached hydrogen (secondary N) is 1. The summed E-state index contributed by atoms with van der Waals surface area (Å²) in [6, 6.07) is 4.67. The molecule has 1 aromatic rings. The van der Waals surface area contributed by atoms with Crippen LogP contribution in [-0.2, 0) is 16.0 Å². The van der Waals surface area contributed by atoms with Crippen LogP contribution in [0.2, 0.25) is 0 Å². The molecule has 0 heterocycles. The van der Waals surface area contributed by atoms with Gasteiger partial charge in [-0.15, -0.1) is 13.2 Å². The van der Waals surface area contributed by atoms with Gasteiger partial charge in [-0.3, -0.25) is 4.79 Å². The number of carbonyl (C=O) groups excluding carboxylic acids is 1. The fourth-order valence-electron chi connectivity index (χ4n) is 1.40. The van der Waals surface area contributed by atoms with Crippen LogP contribution in [0.4, 0.5) is 13.2 Å². The van der Waals surface area contributed by atoms with Gasteiger partial charge < -0.3 is 20.3 Å². The molecule has 1 rings (SSSR count). The Balaban J connectivity index is 2.53. The number of alkyl halides is 3. The lowest BCUT2D eigenvalue weighted by molar-refractivity contribution is -0.274. The predicted octanol–water partition coefficient (Wildman–Crippen LogP) is 1.08. The molecule has 122 valence electrons. The monoisotopic (exact) mass is 321 g/mol. The number of hydrogen-bond donors (Lipinski definition) is 3. The molecular weight excluding hydrogens is 307 g/mol. The zero-order valence-electron chi connectivity index (χ0n) is 11.5. The van der Waals surface area contributed by atoms with Gasteiger partial charge in [0.2, 0.25) is 5.91 Å². The van der Waals surface area contributed by atoms with Crippen LogP contribution < -0.4 is 10.1 Å². The number of amides is 1. The number of aliphatic carboxylic acids is 1. The minimum atomic E-state index is -4.79. The van der Waals surface area contributed by atoms with E-state index in [1.165, 1.54) is 12.1 Å². The second-order valence-electron chi connectivity index (χ2n) is 4.72. The van der Waals surface area contributed by atoms with Gasteiger partial charge in [0.05, 0.1) is 13.0 Å². The third-order valence-electron chi connectivity index (χ3n) is 2.61. The Morgan fingerprint density at radius 1 is 1.23 bits per heavy atom. The Bertz CT molecular complexity index is 540.